The number of benzene rings is 1. The average Bonchev–Trinajstić information content (AvgIpc) is 2.47. The molecule has 0 atom stereocenters. The highest BCUT2D eigenvalue weighted by molar-refractivity contribution is 5.29. The highest BCUT2D eigenvalue weighted by Crippen LogP contribution is 2.03. The quantitative estimate of drug-likeness (QED) is 0.535. The van der Waals surface area contributed by atoms with Crippen LogP contribution in [0.1, 0.15) is 5.69 Å². The molecule has 3 nitrogen and oxygen atoms in total. The van der Waals surface area contributed by atoms with E-state index in [1.165, 1.54) is 0 Å². The number of H-pyrrole nitrogens is 1. The van der Waals surface area contributed by atoms with E-state index >= 15 is 0 Å². The Kier molecular flexibility index (Phi) is 3.14. The molecule has 0 aliphatic heterocycles. The summed E-state index contributed by atoms with van der Waals surface area (Å²) in [6.07, 6.45) is 0. The smallest absolute Gasteiger partial charge is 0.298 e. The summed E-state index contributed by atoms with van der Waals surface area (Å²) in [5.41, 5.74) is 7.91. The van der Waals surface area contributed by atoms with Gasteiger partial charge in [-0.05, 0) is 19.1 Å². The van der Waals surface area contributed by atoms with Crippen LogP contribution in [0.4, 0.5) is 5.82 Å². The maximum absolute atomic E-state index is 5.81. The first-order chi connectivity index (χ1) is 6.27. The summed E-state index contributed by atoms with van der Waals surface area (Å²) in [6.45, 7) is 1.98. The van der Waals surface area contributed by atoms with Crippen LogP contribution in [-0.4, -0.2) is 5.10 Å². The van der Waals surface area contributed by atoms with E-state index in [9.17, 15) is 0 Å². The molecule has 0 aliphatic rings. The van der Waals surface area contributed by atoms with Crippen molar-refractivity contribution in [3.05, 3.63) is 42.1 Å². The van der Waals surface area contributed by atoms with Crippen molar-refractivity contribution < 1.29 is 17.1 Å². The molecule has 1 heterocycles. The van der Waals surface area contributed by atoms with Gasteiger partial charge in [0.2, 0.25) is 0 Å². The summed E-state index contributed by atoms with van der Waals surface area (Å²) in [7, 11) is 0. The zero-order valence-electron chi connectivity index (χ0n) is 7.87. The second-order valence-corrected chi connectivity index (χ2v) is 3.03. The van der Waals surface area contributed by atoms with Crippen molar-refractivity contribution in [1.29, 1.82) is 0 Å². The molecular formula is C10H12ClN3. The van der Waals surface area contributed by atoms with Crippen molar-refractivity contribution in [2.75, 3.05) is 5.73 Å². The maximum Gasteiger partial charge on any atom is 0.298 e. The number of aromatic nitrogens is 2. The summed E-state index contributed by atoms with van der Waals surface area (Å²) in [6, 6.07) is 11.9. The third kappa shape index (κ3) is 1.88. The number of nitrogens with one attached hydrogen (secondary N) is 1. The van der Waals surface area contributed by atoms with Crippen LogP contribution in [0.25, 0.3) is 5.69 Å². The molecule has 2 rings (SSSR count). The maximum atomic E-state index is 5.81. The van der Waals surface area contributed by atoms with E-state index < -0.39 is 0 Å². The number of halogens is 1. The van der Waals surface area contributed by atoms with Gasteiger partial charge >= 0.3 is 0 Å². The molecule has 0 saturated heterocycles. The van der Waals surface area contributed by atoms with Gasteiger partial charge < -0.3 is 12.4 Å². The Morgan fingerprint density at radius 2 is 1.86 bits per heavy atom. The number of nitrogens with two attached hydrogens (primary N) is 1. The Balaban J connectivity index is 0.000000980. The van der Waals surface area contributed by atoms with Crippen molar-refractivity contribution in [2.45, 2.75) is 6.92 Å². The van der Waals surface area contributed by atoms with Gasteiger partial charge in [0, 0.05) is 0 Å². The number of aryl methyl sites for hydroxylation is 1. The number of aromatic amines is 1. The topological polar surface area (TPSA) is 45.7 Å². The van der Waals surface area contributed by atoms with Gasteiger partial charge in [0.15, 0.2) is 5.69 Å². The van der Waals surface area contributed by atoms with Gasteiger partial charge in [-0.2, -0.15) is 0 Å². The minimum atomic E-state index is 0. The fourth-order valence-corrected chi connectivity index (χ4v) is 1.35. The first-order valence-corrected chi connectivity index (χ1v) is 4.20. The van der Waals surface area contributed by atoms with Gasteiger partial charge in [0.25, 0.3) is 5.82 Å². The minimum Gasteiger partial charge on any atom is -1.00 e. The van der Waals surface area contributed by atoms with Crippen LogP contribution < -0.4 is 22.8 Å². The fraction of sp³-hybridized carbons (Fsp3) is 0.100. The molecule has 0 bridgehead atoms. The van der Waals surface area contributed by atoms with Gasteiger partial charge in [0.05, 0.1) is 11.8 Å². The molecule has 2 aromatic rings. The van der Waals surface area contributed by atoms with E-state index in [1.54, 1.807) is 0 Å². The summed E-state index contributed by atoms with van der Waals surface area (Å²) >= 11 is 0. The third-order valence-corrected chi connectivity index (χ3v) is 1.93. The monoisotopic (exact) mass is 209 g/mol. The first-order valence-electron chi connectivity index (χ1n) is 4.20. The van der Waals surface area contributed by atoms with Crippen LogP contribution in [0, 0.1) is 6.92 Å². The van der Waals surface area contributed by atoms with Gasteiger partial charge in [-0.25, -0.2) is 5.10 Å². The van der Waals surface area contributed by atoms with Crippen LogP contribution >= 0.6 is 0 Å². The largest absolute Gasteiger partial charge is 1.00 e. The van der Waals surface area contributed by atoms with Crippen molar-refractivity contribution >= 4 is 5.82 Å². The Morgan fingerprint density at radius 3 is 2.36 bits per heavy atom. The highest BCUT2D eigenvalue weighted by atomic mass is 35.5. The molecule has 1 aromatic carbocycles. The van der Waals surface area contributed by atoms with E-state index in [0.717, 1.165) is 17.2 Å². The lowest BCUT2D eigenvalue weighted by Gasteiger charge is -1.95. The Morgan fingerprint density at radius 1 is 1.21 bits per heavy atom. The van der Waals surface area contributed by atoms with Crippen LogP contribution in [0.3, 0.4) is 0 Å². The SMILES string of the molecule is Cc1cc(N)[n+](-c2ccccc2)[nH]1.[Cl-]. The summed E-state index contributed by atoms with van der Waals surface area (Å²) in [5.74, 6) is 0.726. The lowest BCUT2D eigenvalue weighted by Crippen LogP contribution is -3.00. The predicted octanol–water partition coefficient (Wildman–Crippen LogP) is -1.81. The van der Waals surface area contributed by atoms with Crippen molar-refractivity contribution in [2.24, 2.45) is 0 Å². The highest BCUT2D eigenvalue weighted by Gasteiger charge is 2.09. The zero-order chi connectivity index (χ0) is 9.26. The Bertz CT molecular complexity index is 409. The average molecular weight is 210 g/mol. The summed E-state index contributed by atoms with van der Waals surface area (Å²) < 4.78 is 1.86. The molecule has 0 amide bonds. The molecule has 4 heteroatoms. The van der Waals surface area contributed by atoms with Gasteiger partial charge in [-0.15, -0.1) is 4.68 Å². The zero-order valence-corrected chi connectivity index (χ0v) is 8.62. The lowest BCUT2D eigenvalue weighted by molar-refractivity contribution is -0.641. The standard InChI is InChI=1S/C10H11N3.ClH/c1-8-7-10(11)13(12-8)9-5-3-2-4-6-9;/h2-7H,1H3,(H2,11,12);1H. The molecule has 0 fully saturated rings. The molecule has 0 spiro atoms. The second kappa shape index (κ2) is 4.15. The number of hydrogen-bond acceptors (Lipinski definition) is 1. The number of rotatable bonds is 1. The number of anilines is 1. The van der Waals surface area contributed by atoms with Crippen LogP contribution in [0.15, 0.2) is 36.4 Å². The number of para-hydroxylation sites is 1. The number of nitrogens with zero attached hydrogens (tertiary/aromatic N) is 1. The normalized spacial score (nSPS) is 9.50. The number of nitrogen functional groups attached to an aromatic ring is 1. The molecule has 14 heavy (non-hydrogen) atoms. The van der Waals surface area contributed by atoms with Gasteiger partial charge in [-0.1, -0.05) is 18.2 Å². The Labute approximate surface area is 89.0 Å². The van der Waals surface area contributed by atoms with E-state index in [-0.39, 0.29) is 12.4 Å². The molecule has 0 saturated carbocycles. The summed E-state index contributed by atoms with van der Waals surface area (Å²) in [4.78, 5) is 0. The van der Waals surface area contributed by atoms with Gasteiger partial charge in [0.1, 0.15) is 0 Å². The molecule has 3 N–H and O–H groups in total. The fourth-order valence-electron chi connectivity index (χ4n) is 1.35. The summed E-state index contributed by atoms with van der Waals surface area (Å²) in [5, 5.41) is 3.15. The molecule has 74 valence electrons. The lowest BCUT2D eigenvalue weighted by atomic mass is 10.3. The van der Waals surface area contributed by atoms with E-state index in [0.29, 0.717) is 0 Å². The molecule has 0 aliphatic carbocycles. The van der Waals surface area contributed by atoms with Crippen LogP contribution in [-0.2, 0) is 0 Å². The molecule has 1 aromatic heterocycles. The van der Waals surface area contributed by atoms with E-state index in [2.05, 4.69) is 5.10 Å². The van der Waals surface area contributed by atoms with Gasteiger partial charge in [-0.3, -0.25) is 5.73 Å². The van der Waals surface area contributed by atoms with Crippen molar-refractivity contribution in [3.63, 3.8) is 0 Å². The molecule has 0 radical (unpaired) electrons. The van der Waals surface area contributed by atoms with Crippen LogP contribution in [0.2, 0.25) is 0 Å². The predicted molar refractivity (Wildman–Crippen MR) is 51.5 cm³/mol. The van der Waals surface area contributed by atoms with Crippen molar-refractivity contribution in [3.8, 4) is 5.69 Å². The van der Waals surface area contributed by atoms with Crippen molar-refractivity contribution in [1.82, 2.24) is 5.10 Å². The second-order valence-electron chi connectivity index (χ2n) is 3.03. The van der Waals surface area contributed by atoms with Crippen LogP contribution in [0.5, 0.6) is 0 Å². The third-order valence-electron chi connectivity index (χ3n) is 1.93. The Hall–Kier alpha value is -1.48. The van der Waals surface area contributed by atoms with E-state index in [4.69, 9.17) is 5.73 Å². The first kappa shape index (κ1) is 10.6. The minimum absolute atomic E-state index is 0. The molecular weight excluding hydrogens is 198 g/mol. The number of hydrogen-bond donors (Lipinski definition) is 2. The van der Waals surface area contributed by atoms with E-state index in [1.807, 2.05) is 48.0 Å². The molecule has 0 unspecified atom stereocenters.